The lowest BCUT2D eigenvalue weighted by atomic mass is 10.3. The minimum atomic E-state index is -0.500. The van der Waals surface area contributed by atoms with Crippen LogP contribution in [0.25, 0.3) is 0 Å². The number of ether oxygens (including phenoxy) is 1. The van der Waals surface area contributed by atoms with E-state index in [2.05, 4.69) is 26.6 Å². The number of amides is 3. The van der Waals surface area contributed by atoms with Crippen molar-refractivity contribution >= 4 is 27.9 Å². The molecule has 18 heavy (non-hydrogen) atoms. The maximum absolute atomic E-state index is 11.4. The fourth-order valence-corrected chi connectivity index (χ4v) is 1.53. The largest absolute Gasteiger partial charge is 0.484 e. The average Bonchev–Trinajstić information content (AvgIpc) is 2.34. The molecular weight excluding hydrogens is 300 g/mol. The summed E-state index contributed by atoms with van der Waals surface area (Å²) in [6, 6.07) is 6.62. The molecule has 0 aliphatic heterocycles. The van der Waals surface area contributed by atoms with E-state index in [1.54, 1.807) is 18.2 Å². The summed E-state index contributed by atoms with van der Waals surface area (Å²) in [5.74, 6) is 0.0806. The first-order valence-corrected chi connectivity index (χ1v) is 6.37. The minimum Gasteiger partial charge on any atom is -0.484 e. The Bertz CT molecular complexity index is 424. The predicted octanol–water partition coefficient (Wildman–Crippen LogP) is 2.06. The maximum Gasteiger partial charge on any atom is 0.321 e. The number of carbonyl (C=O) groups is 2. The Kier molecular flexibility index (Phi) is 6.21. The fourth-order valence-electron chi connectivity index (χ4n) is 1.15. The van der Waals surface area contributed by atoms with Gasteiger partial charge in [-0.15, -0.1) is 0 Å². The van der Waals surface area contributed by atoms with Crippen LogP contribution in [0.4, 0.5) is 4.79 Å². The lowest BCUT2D eigenvalue weighted by molar-refractivity contribution is -0.122. The van der Waals surface area contributed by atoms with E-state index in [1.165, 1.54) is 0 Å². The zero-order valence-corrected chi connectivity index (χ0v) is 11.6. The molecule has 0 spiro atoms. The van der Waals surface area contributed by atoms with Crippen LogP contribution in [0.15, 0.2) is 28.7 Å². The number of hydrogen-bond acceptors (Lipinski definition) is 3. The third-order valence-electron chi connectivity index (χ3n) is 1.95. The van der Waals surface area contributed by atoms with Gasteiger partial charge in [0.05, 0.1) is 0 Å². The molecule has 0 radical (unpaired) electrons. The van der Waals surface area contributed by atoms with Crippen LogP contribution in [0.5, 0.6) is 5.75 Å². The van der Waals surface area contributed by atoms with Crippen LogP contribution in [-0.2, 0) is 4.79 Å². The van der Waals surface area contributed by atoms with Crippen molar-refractivity contribution in [3.8, 4) is 5.75 Å². The molecule has 0 aliphatic rings. The molecule has 1 aromatic rings. The topological polar surface area (TPSA) is 67.4 Å². The minimum absolute atomic E-state index is 0.198. The summed E-state index contributed by atoms with van der Waals surface area (Å²) < 4.78 is 6.09. The highest BCUT2D eigenvalue weighted by Crippen LogP contribution is 2.17. The van der Waals surface area contributed by atoms with Gasteiger partial charge < -0.3 is 10.1 Å². The van der Waals surface area contributed by atoms with Crippen molar-refractivity contribution in [3.05, 3.63) is 28.7 Å². The first-order valence-electron chi connectivity index (χ1n) is 5.58. The molecule has 2 N–H and O–H groups in total. The van der Waals surface area contributed by atoms with E-state index in [-0.39, 0.29) is 6.61 Å². The second-order valence-electron chi connectivity index (χ2n) is 3.55. The van der Waals surface area contributed by atoms with Gasteiger partial charge in [0.1, 0.15) is 5.75 Å². The molecule has 0 aromatic heterocycles. The molecule has 0 saturated carbocycles. The van der Waals surface area contributed by atoms with E-state index in [1.807, 2.05) is 13.0 Å². The van der Waals surface area contributed by atoms with Crippen LogP contribution < -0.4 is 15.4 Å². The molecule has 0 atom stereocenters. The molecule has 1 aromatic carbocycles. The van der Waals surface area contributed by atoms with Crippen LogP contribution in [0.1, 0.15) is 13.3 Å². The van der Waals surface area contributed by atoms with Gasteiger partial charge >= 0.3 is 6.03 Å². The monoisotopic (exact) mass is 314 g/mol. The highest BCUT2D eigenvalue weighted by Gasteiger charge is 2.07. The van der Waals surface area contributed by atoms with E-state index in [0.29, 0.717) is 12.3 Å². The van der Waals surface area contributed by atoms with E-state index in [4.69, 9.17) is 4.74 Å². The zero-order chi connectivity index (χ0) is 13.4. The standard InChI is InChI=1S/C12H15BrN2O3/c1-2-6-14-12(17)15-11(16)8-18-10-5-3-4-9(13)7-10/h3-5,7H,2,6,8H2,1H3,(H2,14,15,16,17). The van der Waals surface area contributed by atoms with E-state index < -0.39 is 11.9 Å². The first kappa shape index (κ1) is 14.5. The van der Waals surface area contributed by atoms with Gasteiger partial charge in [0.25, 0.3) is 5.91 Å². The van der Waals surface area contributed by atoms with Crippen molar-refractivity contribution in [3.63, 3.8) is 0 Å². The van der Waals surface area contributed by atoms with Crippen LogP contribution in [0, 0.1) is 0 Å². The highest BCUT2D eigenvalue weighted by molar-refractivity contribution is 9.10. The number of carbonyl (C=O) groups excluding carboxylic acids is 2. The highest BCUT2D eigenvalue weighted by atomic mass is 79.9. The van der Waals surface area contributed by atoms with Crippen LogP contribution in [0.3, 0.4) is 0 Å². The second kappa shape index (κ2) is 7.71. The molecular formula is C12H15BrN2O3. The molecule has 98 valence electrons. The molecule has 0 aliphatic carbocycles. The molecule has 0 fully saturated rings. The summed E-state index contributed by atoms with van der Waals surface area (Å²) in [6.07, 6.45) is 0.816. The summed E-state index contributed by atoms with van der Waals surface area (Å²) in [5, 5.41) is 4.71. The number of halogens is 1. The number of hydrogen-bond donors (Lipinski definition) is 2. The van der Waals surface area contributed by atoms with Gasteiger partial charge in [-0.1, -0.05) is 28.9 Å². The van der Waals surface area contributed by atoms with Crippen LogP contribution in [0.2, 0.25) is 0 Å². The fraction of sp³-hybridized carbons (Fsp3) is 0.333. The van der Waals surface area contributed by atoms with Crippen LogP contribution in [-0.4, -0.2) is 25.1 Å². The van der Waals surface area contributed by atoms with Crippen LogP contribution >= 0.6 is 15.9 Å². The molecule has 0 heterocycles. The van der Waals surface area contributed by atoms with Gasteiger partial charge in [0, 0.05) is 11.0 Å². The Balaban J connectivity index is 2.31. The third-order valence-corrected chi connectivity index (χ3v) is 2.45. The summed E-state index contributed by atoms with van der Waals surface area (Å²) in [5.41, 5.74) is 0. The number of imide groups is 1. The number of nitrogens with one attached hydrogen (secondary N) is 2. The summed E-state index contributed by atoms with van der Waals surface area (Å²) >= 11 is 3.29. The quantitative estimate of drug-likeness (QED) is 0.874. The van der Waals surface area contributed by atoms with Gasteiger partial charge in [-0.2, -0.15) is 0 Å². The Morgan fingerprint density at radius 1 is 1.39 bits per heavy atom. The molecule has 0 unspecified atom stereocenters. The van der Waals surface area contributed by atoms with Crippen molar-refractivity contribution in [2.24, 2.45) is 0 Å². The Hall–Kier alpha value is -1.56. The Labute approximate surface area is 114 Å². The molecule has 0 saturated heterocycles. The third kappa shape index (κ3) is 5.67. The van der Waals surface area contributed by atoms with E-state index in [9.17, 15) is 9.59 Å². The molecule has 1 rings (SSSR count). The Morgan fingerprint density at radius 2 is 2.17 bits per heavy atom. The second-order valence-corrected chi connectivity index (χ2v) is 4.47. The van der Waals surface area contributed by atoms with Crippen molar-refractivity contribution < 1.29 is 14.3 Å². The smallest absolute Gasteiger partial charge is 0.321 e. The van der Waals surface area contributed by atoms with E-state index >= 15 is 0 Å². The van der Waals surface area contributed by atoms with Gasteiger partial charge in [-0.3, -0.25) is 10.1 Å². The predicted molar refractivity (Wildman–Crippen MR) is 71.5 cm³/mol. The van der Waals surface area contributed by atoms with Crippen molar-refractivity contribution in [2.75, 3.05) is 13.2 Å². The molecule has 5 nitrogen and oxygen atoms in total. The maximum atomic E-state index is 11.4. The lowest BCUT2D eigenvalue weighted by Crippen LogP contribution is -2.41. The lowest BCUT2D eigenvalue weighted by Gasteiger charge is -2.07. The Morgan fingerprint density at radius 3 is 2.83 bits per heavy atom. The molecule has 6 heteroatoms. The zero-order valence-electron chi connectivity index (χ0n) is 10.0. The SMILES string of the molecule is CCCNC(=O)NC(=O)COc1cccc(Br)c1. The van der Waals surface area contributed by atoms with Gasteiger partial charge in [-0.25, -0.2) is 4.79 Å². The summed E-state index contributed by atoms with van der Waals surface area (Å²) in [4.78, 5) is 22.5. The summed E-state index contributed by atoms with van der Waals surface area (Å²) in [7, 11) is 0. The first-order chi connectivity index (χ1) is 8.61. The van der Waals surface area contributed by atoms with Gasteiger partial charge in [0.15, 0.2) is 6.61 Å². The van der Waals surface area contributed by atoms with Gasteiger partial charge in [-0.05, 0) is 24.6 Å². The average molecular weight is 315 g/mol. The molecule has 0 bridgehead atoms. The number of benzene rings is 1. The van der Waals surface area contributed by atoms with Gasteiger partial charge in [0.2, 0.25) is 0 Å². The van der Waals surface area contributed by atoms with Crippen molar-refractivity contribution in [2.45, 2.75) is 13.3 Å². The summed E-state index contributed by atoms with van der Waals surface area (Å²) in [6.45, 7) is 2.26. The van der Waals surface area contributed by atoms with Crippen molar-refractivity contribution in [1.29, 1.82) is 0 Å². The molecule has 3 amide bonds. The number of urea groups is 1. The normalized spacial score (nSPS) is 9.67. The van der Waals surface area contributed by atoms with Crippen molar-refractivity contribution in [1.82, 2.24) is 10.6 Å². The van der Waals surface area contributed by atoms with E-state index in [0.717, 1.165) is 10.9 Å². The number of rotatable bonds is 5.